The zero-order valence-electron chi connectivity index (χ0n) is 9.20. The lowest BCUT2D eigenvalue weighted by Gasteiger charge is -2.27. The molecule has 1 aliphatic carbocycles. The van der Waals surface area contributed by atoms with E-state index in [9.17, 15) is 4.79 Å². The molecule has 0 bridgehead atoms. The zero-order valence-corrected chi connectivity index (χ0v) is 9.20. The number of nitrogens with one attached hydrogen (secondary N) is 1. The summed E-state index contributed by atoms with van der Waals surface area (Å²) in [7, 11) is 1.58. The lowest BCUT2D eigenvalue weighted by molar-refractivity contribution is -0.159. The number of hydrogen-bond donors (Lipinski definition) is 1. The second-order valence-corrected chi connectivity index (χ2v) is 4.41. The van der Waals surface area contributed by atoms with Crippen molar-refractivity contribution in [2.24, 2.45) is 0 Å². The molecule has 0 aromatic heterocycles. The molecule has 0 aromatic rings. The van der Waals surface area contributed by atoms with Gasteiger partial charge in [0.15, 0.2) is 0 Å². The van der Waals surface area contributed by atoms with E-state index in [-0.39, 0.29) is 18.3 Å². The quantitative estimate of drug-likeness (QED) is 0.715. The summed E-state index contributed by atoms with van der Waals surface area (Å²) in [4.78, 5) is 11.1. The number of rotatable bonds is 3. The van der Waals surface area contributed by atoms with Gasteiger partial charge >= 0.3 is 5.97 Å². The van der Waals surface area contributed by atoms with Gasteiger partial charge in [-0.3, -0.25) is 4.79 Å². The van der Waals surface area contributed by atoms with Crippen LogP contribution in [-0.2, 0) is 14.3 Å². The normalized spacial score (nSPS) is 33.0. The second-order valence-electron chi connectivity index (χ2n) is 4.41. The minimum atomic E-state index is -0.389. The SMILES string of the molecule is CO[C@@H]1OC(=O)CC1NC1CCCCC1. The van der Waals surface area contributed by atoms with E-state index in [1.165, 1.54) is 32.1 Å². The fourth-order valence-electron chi connectivity index (χ4n) is 2.46. The fourth-order valence-corrected chi connectivity index (χ4v) is 2.46. The molecule has 1 N–H and O–H groups in total. The van der Waals surface area contributed by atoms with Crippen molar-refractivity contribution in [3.63, 3.8) is 0 Å². The minimum absolute atomic E-state index is 0.0469. The molecule has 0 amide bonds. The number of ether oxygens (including phenoxy) is 2. The van der Waals surface area contributed by atoms with E-state index in [0.717, 1.165) is 0 Å². The van der Waals surface area contributed by atoms with Gasteiger partial charge in [0.25, 0.3) is 0 Å². The van der Waals surface area contributed by atoms with Crippen molar-refractivity contribution in [2.75, 3.05) is 7.11 Å². The van der Waals surface area contributed by atoms with E-state index >= 15 is 0 Å². The molecule has 4 heteroatoms. The van der Waals surface area contributed by atoms with E-state index in [1.807, 2.05) is 0 Å². The summed E-state index contributed by atoms with van der Waals surface area (Å²) in [6.45, 7) is 0. The van der Waals surface area contributed by atoms with E-state index in [1.54, 1.807) is 7.11 Å². The molecule has 2 atom stereocenters. The summed E-state index contributed by atoms with van der Waals surface area (Å²) in [5.41, 5.74) is 0. The Morgan fingerprint density at radius 2 is 2.07 bits per heavy atom. The molecule has 0 aromatic carbocycles. The molecule has 2 aliphatic rings. The van der Waals surface area contributed by atoms with Crippen molar-refractivity contribution in [3.05, 3.63) is 0 Å². The number of hydrogen-bond acceptors (Lipinski definition) is 4. The predicted molar refractivity (Wildman–Crippen MR) is 55.3 cm³/mol. The molecule has 1 heterocycles. The van der Waals surface area contributed by atoms with Crippen LogP contribution in [0.25, 0.3) is 0 Å². The molecule has 0 radical (unpaired) electrons. The molecule has 1 aliphatic heterocycles. The molecule has 86 valence electrons. The highest BCUT2D eigenvalue weighted by atomic mass is 16.7. The summed E-state index contributed by atoms with van der Waals surface area (Å²) in [6, 6.07) is 0.585. The van der Waals surface area contributed by atoms with Gasteiger partial charge in [0.2, 0.25) is 6.29 Å². The van der Waals surface area contributed by atoms with E-state index in [0.29, 0.717) is 12.5 Å². The van der Waals surface area contributed by atoms with Crippen molar-refractivity contribution in [2.45, 2.75) is 56.9 Å². The molecule has 2 rings (SSSR count). The van der Waals surface area contributed by atoms with Gasteiger partial charge in [0.1, 0.15) is 0 Å². The van der Waals surface area contributed by atoms with Crippen LogP contribution in [0.1, 0.15) is 38.5 Å². The fraction of sp³-hybridized carbons (Fsp3) is 0.909. The Kier molecular flexibility index (Phi) is 3.59. The number of carbonyl (C=O) groups is 1. The van der Waals surface area contributed by atoms with Crippen molar-refractivity contribution in [3.8, 4) is 0 Å². The first-order chi connectivity index (χ1) is 7.29. The van der Waals surface area contributed by atoms with Crippen LogP contribution in [0.3, 0.4) is 0 Å². The highest BCUT2D eigenvalue weighted by molar-refractivity contribution is 5.72. The van der Waals surface area contributed by atoms with E-state index in [4.69, 9.17) is 9.47 Å². The monoisotopic (exact) mass is 213 g/mol. The first kappa shape index (κ1) is 10.9. The number of methoxy groups -OCH3 is 1. The topological polar surface area (TPSA) is 47.6 Å². The molecule has 4 nitrogen and oxygen atoms in total. The summed E-state index contributed by atoms with van der Waals surface area (Å²) >= 11 is 0. The van der Waals surface area contributed by atoms with Gasteiger partial charge in [0, 0.05) is 13.2 Å². The standard InChI is InChI=1S/C11H19NO3/c1-14-11-9(7-10(13)15-11)12-8-5-3-2-4-6-8/h8-9,11-12H,2-7H2,1H3/t9?,11-/m1/s1. The van der Waals surface area contributed by atoms with Gasteiger partial charge in [-0.2, -0.15) is 0 Å². The van der Waals surface area contributed by atoms with Crippen LogP contribution < -0.4 is 5.32 Å². The van der Waals surface area contributed by atoms with Gasteiger partial charge in [-0.05, 0) is 12.8 Å². The van der Waals surface area contributed by atoms with E-state index in [2.05, 4.69) is 5.32 Å². The summed E-state index contributed by atoms with van der Waals surface area (Å²) < 4.78 is 10.2. The summed E-state index contributed by atoms with van der Waals surface area (Å²) in [5, 5.41) is 3.48. The molecule has 0 spiro atoms. The van der Waals surface area contributed by atoms with E-state index < -0.39 is 0 Å². The first-order valence-electron chi connectivity index (χ1n) is 5.78. The lowest BCUT2D eigenvalue weighted by atomic mass is 9.94. The average molecular weight is 213 g/mol. The van der Waals surface area contributed by atoms with Crippen LogP contribution in [-0.4, -0.2) is 31.5 Å². The molecule has 2 fully saturated rings. The zero-order chi connectivity index (χ0) is 10.7. The van der Waals surface area contributed by atoms with Crippen molar-refractivity contribution < 1.29 is 14.3 Å². The molecule has 1 saturated heterocycles. The Balaban J connectivity index is 1.84. The first-order valence-corrected chi connectivity index (χ1v) is 5.78. The average Bonchev–Trinajstić information content (AvgIpc) is 2.60. The Hall–Kier alpha value is -0.610. The maximum Gasteiger partial charge on any atom is 0.309 e. The third kappa shape index (κ3) is 2.69. The van der Waals surface area contributed by atoms with Gasteiger partial charge in [-0.1, -0.05) is 19.3 Å². The van der Waals surface area contributed by atoms with Crippen LogP contribution in [0.4, 0.5) is 0 Å². The Labute approximate surface area is 90.3 Å². The highest BCUT2D eigenvalue weighted by Crippen LogP contribution is 2.22. The van der Waals surface area contributed by atoms with Crippen molar-refractivity contribution in [1.29, 1.82) is 0 Å². The van der Waals surface area contributed by atoms with Crippen LogP contribution in [0, 0.1) is 0 Å². The van der Waals surface area contributed by atoms with Gasteiger partial charge in [-0.25, -0.2) is 0 Å². The molecule has 1 saturated carbocycles. The van der Waals surface area contributed by atoms with Gasteiger partial charge in [-0.15, -0.1) is 0 Å². The molecular weight excluding hydrogens is 194 g/mol. The minimum Gasteiger partial charge on any atom is -0.434 e. The molecule has 1 unspecified atom stereocenters. The number of cyclic esters (lactones) is 1. The van der Waals surface area contributed by atoms with Crippen LogP contribution in [0.15, 0.2) is 0 Å². The Morgan fingerprint density at radius 3 is 2.73 bits per heavy atom. The smallest absolute Gasteiger partial charge is 0.309 e. The largest absolute Gasteiger partial charge is 0.434 e. The predicted octanol–water partition coefficient (Wildman–Crippen LogP) is 1.20. The second kappa shape index (κ2) is 4.94. The van der Waals surface area contributed by atoms with Crippen molar-refractivity contribution >= 4 is 5.97 Å². The molecule has 15 heavy (non-hydrogen) atoms. The maximum absolute atomic E-state index is 11.1. The lowest BCUT2D eigenvalue weighted by Crippen LogP contribution is -2.44. The third-order valence-corrected chi connectivity index (χ3v) is 3.25. The summed E-state index contributed by atoms with van der Waals surface area (Å²) in [6.07, 6.45) is 6.39. The third-order valence-electron chi connectivity index (χ3n) is 3.25. The van der Waals surface area contributed by atoms with Gasteiger partial charge < -0.3 is 14.8 Å². The van der Waals surface area contributed by atoms with Crippen LogP contribution >= 0.6 is 0 Å². The molecular formula is C11H19NO3. The van der Waals surface area contributed by atoms with Crippen LogP contribution in [0.5, 0.6) is 0 Å². The summed E-state index contributed by atoms with van der Waals surface area (Å²) in [5.74, 6) is -0.157. The highest BCUT2D eigenvalue weighted by Gasteiger charge is 2.36. The maximum atomic E-state index is 11.1. The number of carbonyl (C=O) groups excluding carboxylic acids is 1. The van der Waals surface area contributed by atoms with Gasteiger partial charge in [0.05, 0.1) is 12.5 Å². The van der Waals surface area contributed by atoms with Crippen molar-refractivity contribution in [1.82, 2.24) is 5.32 Å². The Bertz CT molecular complexity index is 226. The Morgan fingerprint density at radius 1 is 1.33 bits per heavy atom. The van der Waals surface area contributed by atoms with Crippen LogP contribution in [0.2, 0.25) is 0 Å². The number of esters is 1.